The van der Waals surface area contributed by atoms with Gasteiger partial charge in [-0.3, -0.25) is 4.68 Å². The Bertz CT molecular complexity index is 349. The summed E-state index contributed by atoms with van der Waals surface area (Å²) in [6.07, 6.45) is 9.76. The second-order valence-corrected chi connectivity index (χ2v) is 3.67. The van der Waals surface area contributed by atoms with Crippen molar-refractivity contribution in [3.8, 4) is 12.3 Å². The zero-order valence-electron chi connectivity index (χ0n) is 9.40. The molecule has 0 aliphatic carbocycles. The fourth-order valence-electron chi connectivity index (χ4n) is 1.66. The topological polar surface area (TPSA) is 38.0 Å². The third kappa shape index (κ3) is 3.10. The number of nitrogens with zero attached hydrogens (tertiary/aromatic N) is 2. The summed E-state index contributed by atoms with van der Waals surface area (Å²) in [5.74, 6) is 2.58. The average Bonchev–Trinajstić information content (AvgIpc) is 2.60. The Labute approximate surface area is 91.1 Å². The minimum atomic E-state index is -0.429. The number of hydrogen-bond donors (Lipinski definition) is 1. The fraction of sp³-hybridized carbons (Fsp3) is 0.583. The van der Waals surface area contributed by atoms with Gasteiger partial charge in [-0.25, -0.2) is 0 Å². The maximum absolute atomic E-state index is 9.95. The van der Waals surface area contributed by atoms with Gasteiger partial charge in [0.25, 0.3) is 0 Å². The number of rotatable bonds is 5. The number of unbranched alkanes of at least 4 members (excludes halogenated alkanes) is 1. The number of aliphatic hydroxyl groups is 1. The highest BCUT2D eigenvalue weighted by Crippen LogP contribution is 2.22. The van der Waals surface area contributed by atoms with Crippen molar-refractivity contribution < 1.29 is 5.11 Å². The van der Waals surface area contributed by atoms with E-state index in [1.54, 1.807) is 4.68 Å². The van der Waals surface area contributed by atoms with Crippen LogP contribution in [0, 0.1) is 12.3 Å². The van der Waals surface area contributed by atoms with Gasteiger partial charge in [0.15, 0.2) is 0 Å². The minimum absolute atomic E-state index is 0.429. The third-order valence-electron chi connectivity index (χ3n) is 2.43. The van der Waals surface area contributed by atoms with E-state index < -0.39 is 6.10 Å². The van der Waals surface area contributed by atoms with Crippen molar-refractivity contribution in [3.05, 3.63) is 17.5 Å². The Morgan fingerprint density at radius 1 is 1.67 bits per heavy atom. The van der Waals surface area contributed by atoms with Crippen molar-refractivity contribution in [2.24, 2.45) is 7.05 Å². The van der Waals surface area contributed by atoms with Gasteiger partial charge in [-0.2, -0.15) is 5.10 Å². The van der Waals surface area contributed by atoms with Gasteiger partial charge in [-0.05, 0) is 19.3 Å². The highest BCUT2D eigenvalue weighted by atomic mass is 16.3. The molecule has 1 atom stereocenters. The molecule has 1 rings (SSSR count). The summed E-state index contributed by atoms with van der Waals surface area (Å²) >= 11 is 0. The van der Waals surface area contributed by atoms with Crippen LogP contribution in [-0.2, 0) is 13.5 Å². The first kappa shape index (κ1) is 11.8. The summed E-state index contributed by atoms with van der Waals surface area (Å²) in [7, 11) is 1.87. The van der Waals surface area contributed by atoms with Gasteiger partial charge >= 0.3 is 0 Å². The quantitative estimate of drug-likeness (QED) is 0.589. The molecule has 0 radical (unpaired) electrons. The van der Waals surface area contributed by atoms with E-state index in [-0.39, 0.29) is 0 Å². The van der Waals surface area contributed by atoms with Crippen LogP contribution in [0.3, 0.4) is 0 Å². The van der Waals surface area contributed by atoms with Gasteiger partial charge in [0, 0.05) is 25.2 Å². The smallest absolute Gasteiger partial charge is 0.0823 e. The van der Waals surface area contributed by atoms with Crippen LogP contribution < -0.4 is 0 Å². The van der Waals surface area contributed by atoms with Crippen molar-refractivity contribution in [2.45, 2.75) is 38.7 Å². The summed E-state index contributed by atoms with van der Waals surface area (Å²) in [5.41, 5.74) is 1.92. The molecule has 0 saturated carbocycles. The van der Waals surface area contributed by atoms with Crippen LogP contribution in [0.2, 0.25) is 0 Å². The van der Waals surface area contributed by atoms with E-state index in [1.807, 2.05) is 20.2 Å². The second-order valence-electron chi connectivity index (χ2n) is 3.67. The SMILES string of the molecule is C#CCCCC(O)c1cn(C)nc1CC. The van der Waals surface area contributed by atoms with Gasteiger partial charge in [0.2, 0.25) is 0 Å². The number of aryl methyl sites for hydroxylation is 2. The van der Waals surface area contributed by atoms with E-state index in [4.69, 9.17) is 6.42 Å². The zero-order valence-corrected chi connectivity index (χ0v) is 9.40. The van der Waals surface area contributed by atoms with Gasteiger partial charge in [-0.1, -0.05) is 6.92 Å². The van der Waals surface area contributed by atoms with E-state index in [9.17, 15) is 5.11 Å². The van der Waals surface area contributed by atoms with Gasteiger partial charge < -0.3 is 5.11 Å². The summed E-state index contributed by atoms with van der Waals surface area (Å²) in [6, 6.07) is 0. The molecule has 0 amide bonds. The van der Waals surface area contributed by atoms with Crippen molar-refractivity contribution in [1.29, 1.82) is 0 Å². The number of hydrogen-bond acceptors (Lipinski definition) is 2. The Balaban J connectivity index is 2.64. The van der Waals surface area contributed by atoms with E-state index in [0.29, 0.717) is 6.42 Å². The van der Waals surface area contributed by atoms with Gasteiger partial charge in [0.1, 0.15) is 0 Å². The highest BCUT2D eigenvalue weighted by Gasteiger charge is 2.14. The fourth-order valence-corrected chi connectivity index (χ4v) is 1.66. The molecular formula is C12H18N2O. The summed E-state index contributed by atoms with van der Waals surface area (Å²) in [5, 5.41) is 14.2. The molecule has 15 heavy (non-hydrogen) atoms. The standard InChI is InChI=1S/C12H18N2O/c1-4-6-7-8-12(15)10-9-14(3)13-11(10)5-2/h1,9,12,15H,5-8H2,2-3H3. The predicted molar refractivity (Wildman–Crippen MR) is 60.2 cm³/mol. The second kappa shape index (κ2) is 5.57. The Kier molecular flexibility index (Phi) is 4.38. The van der Waals surface area contributed by atoms with Gasteiger partial charge in [0.05, 0.1) is 11.8 Å². The maximum Gasteiger partial charge on any atom is 0.0823 e. The number of aliphatic hydroxyl groups excluding tert-OH is 1. The molecule has 3 heteroatoms. The molecule has 1 aromatic rings. The highest BCUT2D eigenvalue weighted by molar-refractivity contribution is 5.19. The molecule has 0 bridgehead atoms. The molecule has 0 saturated heterocycles. The summed E-state index contributed by atoms with van der Waals surface area (Å²) in [6.45, 7) is 2.04. The monoisotopic (exact) mass is 206 g/mol. The van der Waals surface area contributed by atoms with Crippen LogP contribution in [0.15, 0.2) is 6.20 Å². The van der Waals surface area contributed by atoms with Crippen LogP contribution in [0.5, 0.6) is 0 Å². The molecule has 0 aliphatic heterocycles. The van der Waals surface area contributed by atoms with Crippen LogP contribution >= 0.6 is 0 Å². The van der Waals surface area contributed by atoms with Crippen LogP contribution in [-0.4, -0.2) is 14.9 Å². The summed E-state index contributed by atoms with van der Waals surface area (Å²) in [4.78, 5) is 0. The van der Waals surface area contributed by atoms with Gasteiger partial charge in [-0.15, -0.1) is 12.3 Å². The third-order valence-corrected chi connectivity index (χ3v) is 2.43. The molecular weight excluding hydrogens is 188 g/mol. The molecule has 82 valence electrons. The van der Waals surface area contributed by atoms with E-state index in [0.717, 1.165) is 30.5 Å². The lowest BCUT2D eigenvalue weighted by molar-refractivity contribution is 0.164. The number of aromatic nitrogens is 2. The molecule has 1 aromatic heterocycles. The minimum Gasteiger partial charge on any atom is -0.388 e. The van der Waals surface area contributed by atoms with Crippen LogP contribution in [0.25, 0.3) is 0 Å². The van der Waals surface area contributed by atoms with Crippen molar-refractivity contribution >= 4 is 0 Å². The van der Waals surface area contributed by atoms with Crippen molar-refractivity contribution in [3.63, 3.8) is 0 Å². The van der Waals surface area contributed by atoms with Crippen molar-refractivity contribution in [1.82, 2.24) is 9.78 Å². The first-order valence-electron chi connectivity index (χ1n) is 5.33. The lowest BCUT2D eigenvalue weighted by atomic mass is 10.0. The molecule has 0 spiro atoms. The lowest BCUT2D eigenvalue weighted by Crippen LogP contribution is -1.99. The zero-order chi connectivity index (χ0) is 11.3. The van der Waals surface area contributed by atoms with Crippen LogP contribution in [0.1, 0.15) is 43.5 Å². The number of terminal acetylenes is 1. The average molecular weight is 206 g/mol. The van der Waals surface area contributed by atoms with E-state index in [2.05, 4.69) is 11.0 Å². The predicted octanol–water partition coefficient (Wildman–Crippen LogP) is 1.82. The Hall–Kier alpha value is -1.27. The molecule has 1 heterocycles. The molecule has 1 unspecified atom stereocenters. The Morgan fingerprint density at radius 2 is 2.40 bits per heavy atom. The Morgan fingerprint density at radius 3 is 3.00 bits per heavy atom. The molecule has 0 fully saturated rings. The maximum atomic E-state index is 9.95. The first-order valence-corrected chi connectivity index (χ1v) is 5.33. The summed E-state index contributed by atoms with van der Waals surface area (Å²) < 4.78 is 1.75. The molecule has 1 N–H and O–H groups in total. The lowest BCUT2D eigenvalue weighted by Gasteiger charge is -2.08. The largest absolute Gasteiger partial charge is 0.388 e. The van der Waals surface area contributed by atoms with Crippen LogP contribution in [0.4, 0.5) is 0 Å². The first-order chi connectivity index (χ1) is 7.19. The normalized spacial score (nSPS) is 12.4. The molecule has 0 aliphatic rings. The van der Waals surface area contributed by atoms with Crippen molar-refractivity contribution in [2.75, 3.05) is 0 Å². The molecule has 3 nitrogen and oxygen atoms in total. The van der Waals surface area contributed by atoms with E-state index in [1.165, 1.54) is 0 Å². The molecule has 0 aromatic carbocycles. The van der Waals surface area contributed by atoms with E-state index >= 15 is 0 Å².